The number of amides is 1. The van der Waals surface area contributed by atoms with E-state index in [1.54, 1.807) is 12.1 Å². The fourth-order valence-electron chi connectivity index (χ4n) is 3.51. The van der Waals surface area contributed by atoms with Gasteiger partial charge >= 0.3 is 0 Å². The van der Waals surface area contributed by atoms with E-state index < -0.39 is 22.5 Å². The Labute approximate surface area is 205 Å². The Morgan fingerprint density at radius 2 is 1.52 bits per heavy atom. The molecule has 1 amide bonds. The van der Waals surface area contributed by atoms with Crippen LogP contribution in [0.5, 0.6) is 0 Å². The van der Waals surface area contributed by atoms with Crippen LogP contribution < -0.4 is 9.62 Å². The predicted molar refractivity (Wildman–Crippen MR) is 136 cm³/mol. The number of carbonyl (C=O) groups is 1. The van der Waals surface area contributed by atoms with Gasteiger partial charge in [0, 0.05) is 5.69 Å². The van der Waals surface area contributed by atoms with Gasteiger partial charge in [-0.2, -0.15) is 0 Å². The fraction of sp³-hybridized carbons (Fsp3) is 0.240. The summed E-state index contributed by atoms with van der Waals surface area (Å²) in [6, 6.07) is 16.8. The van der Waals surface area contributed by atoms with Gasteiger partial charge in [-0.1, -0.05) is 72.9 Å². The fourth-order valence-corrected chi connectivity index (χ4v) is 5.21. The first-order valence-corrected chi connectivity index (χ1v) is 12.8. The lowest BCUT2D eigenvalue weighted by Gasteiger charge is -2.25. The number of hydrogen-bond donors (Lipinski definition) is 1. The minimum atomic E-state index is -4.05. The molecule has 0 spiro atoms. The van der Waals surface area contributed by atoms with Gasteiger partial charge in [0.2, 0.25) is 5.91 Å². The number of halogens is 2. The minimum Gasteiger partial charge on any atom is -0.324 e. The third-order valence-corrected chi connectivity index (χ3v) is 7.88. The Morgan fingerprint density at radius 1 is 0.909 bits per heavy atom. The number of sulfonamides is 1. The molecule has 174 valence electrons. The number of carbonyl (C=O) groups excluding carboxylic acids is 1. The Morgan fingerprint density at radius 3 is 2.06 bits per heavy atom. The van der Waals surface area contributed by atoms with E-state index in [4.69, 9.17) is 23.2 Å². The average molecular weight is 505 g/mol. The lowest BCUT2D eigenvalue weighted by atomic mass is 10.0. The highest BCUT2D eigenvalue weighted by atomic mass is 35.5. The standard InChI is InChI=1S/C25H26Cl2N2O3S/c1-4-18-7-6-8-19(5-2)25(18)28-24(30)16-29(20-11-14-22(26)23(27)15-20)33(31,32)21-12-9-17(3)10-13-21/h6-15H,4-5,16H2,1-3H3,(H,28,30). The maximum absolute atomic E-state index is 13.5. The average Bonchev–Trinajstić information content (AvgIpc) is 2.79. The molecule has 0 aliphatic rings. The highest BCUT2D eigenvalue weighted by Gasteiger charge is 2.28. The molecule has 33 heavy (non-hydrogen) atoms. The third-order valence-electron chi connectivity index (χ3n) is 5.35. The first-order valence-electron chi connectivity index (χ1n) is 10.6. The van der Waals surface area contributed by atoms with Gasteiger partial charge in [-0.3, -0.25) is 9.10 Å². The van der Waals surface area contributed by atoms with Gasteiger partial charge in [-0.25, -0.2) is 8.42 Å². The van der Waals surface area contributed by atoms with Crippen molar-refractivity contribution in [3.63, 3.8) is 0 Å². The van der Waals surface area contributed by atoms with Crippen molar-refractivity contribution in [1.29, 1.82) is 0 Å². The van der Waals surface area contributed by atoms with Crippen LogP contribution >= 0.6 is 23.2 Å². The maximum Gasteiger partial charge on any atom is 0.264 e. The maximum atomic E-state index is 13.5. The molecule has 5 nitrogen and oxygen atoms in total. The van der Waals surface area contributed by atoms with Crippen molar-refractivity contribution in [2.24, 2.45) is 0 Å². The molecule has 3 aromatic rings. The quantitative estimate of drug-likeness (QED) is 0.393. The Balaban J connectivity index is 2.01. The molecule has 0 saturated heterocycles. The van der Waals surface area contributed by atoms with E-state index >= 15 is 0 Å². The SMILES string of the molecule is CCc1cccc(CC)c1NC(=O)CN(c1ccc(Cl)c(Cl)c1)S(=O)(=O)c1ccc(C)cc1. The number of para-hydroxylation sites is 1. The third kappa shape index (κ3) is 5.69. The van der Waals surface area contributed by atoms with Crippen LogP contribution in [0.2, 0.25) is 10.0 Å². The van der Waals surface area contributed by atoms with Crippen LogP contribution in [-0.4, -0.2) is 20.9 Å². The summed E-state index contributed by atoms with van der Waals surface area (Å²) >= 11 is 12.2. The van der Waals surface area contributed by atoms with Crippen molar-refractivity contribution < 1.29 is 13.2 Å². The second kappa shape index (κ2) is 10.6. The van der Waals surface area contributed by atoms with E-state index in [0.717, 1.165) is 39.5 Å². The van der Waals surface area contributed by atoms with Crippen LogP contribution in [0, 0.1) is 6.92 Å². The van der Waals surface area contributed by atoms with Gasteiger partial charge in [0.15, 0.2) is 0 Å². The van der Waals surface area contributed by atoms with Gasteiger partial charge in [0.05, 0.1) is 20.6 Å². The molecule has 0 bridgehead atoms. The molecule has 0 fully saturated rings. The molecule has 0 aromatic heterocycles. The van der Waals surface area contributed by atoms with Crippen molar-refractivity contribution in [2.45, 2.75) is 38.5 Å². The number of anilines is 2. The molecule has 0 aliphatic carbocycles. The van der Waals surface area contributed by atoms with E-state index in [1.807, 2.05) is 39.0 Å². The summed E-state index contributed by atoms with van der Waals surface area (Å²) in [6.45, 7) is 5.47. The molecule has 3 rings (SSSR count). The van der Waals surface area contributed by atoms with E-state index in [-0.39, 0.29) is 15.6 Å². The summed E-state index contributed by atoms with van der Waals surface area (Å²) in [7, 11) is -4.05. The molecule has 0 heterocycles. The summed E-state index contributed by atoms with van der Waals surface area (Å²) in [5.74, 6) is -0.452. The summed E-state index contributed by atoms with van der Waals surface area (Å²) in [4.78, 5) is 13.2. The number of benzene rings is 3. The van der Waals surface area contributed by atoms with Gasteiger partial charge in [-0.05, 0) is 61.2 Å². The largest absolute Gasteiger partial charge is 0.324 e. The Bertz CT molecular complexity index is 1240. The zero-order valence-corrected chi connectivity index (χ0v) is 21.1. The second-order valence-electron chi connectivity index (χ2n) is 7.63. The number of aryl methyl sites for hydroxylation is 3. The molecule has 0 aliphatic heterocycles. The van der Waals surface area contributed by atoms with Crippen molar-refractivity contribution in [1.82, 2.24) is 0 Å². The van der Waals surface area contributed by atoms with E-state index in [9.17, 15) is 13.2 Å². The summed E-state index contributed by atoms with van der Waals surface area (Å²) < 4.78 is 28.1. The molecular weight excluding hydrogens is 479 g/mol. The summed E-state index contributed by atoms with van der Waals surface area (Å²) in [5, 5.41) is 3.43. The first kappa shape index (κ1) is 25.1. The minimum absolute atomic E-state index is 0.0789. The number of rotatable bonds is 8. The zero-order valence-electron chi connectivity index (χ0n) is 18.7. The van der Waals surface area contributed by atoms with Crippen molar-refractivity contribution in [3.05, 3.63) is 87.4 Å². The number of nitrogens with zero attached hydrogens (tertiary/aromatic N) is 1. The van der Waals surface area contributed by atoms with Crippen LogP contribution in [0.4, 0.5) is 11.4 Å². The van der Waals surface area contributed by atoms with Crippen LogP contribution in [0.1, 0.15) is 30.5 Å². The molecule has 0 atom stereocenters. The van der Waals surface area contributed by atoms with E-state index in [1.165, 1.54) is 30.3 Å². The molecular formula is C25H26Cl2N2O3S. The molecule has 0 saturated carbocycles. The van der Waals surface area contributed by atoms with E-state index in [0.29, 0.717) is 5.02 Å². The first-order chi connectivity index (χ1) is 15.7. The molecule has 8 heteroatoms. The lowest BCUT2D eigenvalue weighted by molar-refractivity contribution is -0.114. The normalized spacial score (nSPS) is 11.3. The highest BCUT2D eigenvalue weighted by molar-refractivity contribution is 7.92. The highest BCUT2D eigenvalue weighted by Crippen LogP contribution is 2.31. The van der Waals surface area contributed by atoms with Crippen LogP contribution in [0.15, 0.2) is 65.6 Å². The summed E-state index contributed by atoms with van der Waals surface area (Å²) in [6.07, 6.45) is 1.48. The molecule has 1 N–H and O–H groups in total. The topological polar surface area (TPSA) is 66.5 Å². The van der Waals surface area contributed by atoms with E-state index in [2.05, 4.69) is 5.32 Å². The van der Waals surface area contributed by atoms with Crippen molar-refractivity contribution >= 4 is 50.5 Å². The Hall–Kier alpha value is -2.54. The van der Waals surface area contributed by atoms with Crippen LogP contribution in [0.3, 0.4) is 0 Å². The predicted octanol–water partition coefficient (Wildman–Crippen LogP) is 6.26. The zero-order chi connectivity index (χ0) is 24.2. The van der Waals surface area contributed by atoms with Crippen LogP contribution in [-0.2, 0) is 27.7 Å². The molecule has 0 unspecified atom stereocenters. The monoisotopic (exact) mass is 504 g/mol. The van der Waals surface area contributed by atoms with Gasteiger partial charge in [0.25, 0.3) is 10.0 Å². The van der Waals surface area contributed by atoms with Gasteiger partial charge < -0.3 is 5.32 Å². The second-order valence-corrected chi connectivity index (χ2v) is 10.3. The van der Waals surface area contributed by atoms with Crippen molar-refractivity contribution in [2.75, 3.05) is 16.2 Å². The smallest absolute Gasteiger partial charge is 0.264 e. The Kier molecular flexibility index (Phi) is 8.05. The number of nitrogens with one attached hydrogen (secondary N) is 1. The van der Waals surface area contributed by atoms with Gasteiger partial charge in [0.1, 0.15) is 6.54 Å². The molecule has 3 aromatic carbocycles. The van der Waals surface area contributed by atoms with Crippen molar-refractivity contribution in [3.8, 4) is 0 Å². The number of hydrogen-bond acceptors (Lipinski definition) is 3. The van der Waals surface area contributed by atoms with Crippen LogP contribution in [0.25, 0.3) is 0 Å². The lowest BCUT2D eigenvalue weighted by Crippen LogP contribution is -2.38. The summed E-state index contributed by atoms with van der Waals surface area (Å²) in [5.41, 5.74) is 3.89. The van der Waals surface area contributed by atoms with Gasteiger partial charge in [-0.15, -0.1) is 0 Å². The molecule has 0 radical (unpaired) electrons.